The van der Waals surface area contributed by atoms with E-state index in [-0.39, 0.29) is 6.04 Å². The third-order valence-electron chi connectivity index (χ3n) is 4.18. The van der Waals surface area contributed by atoms with Gasteiger partial charge in [-0.1, -0.05) is 19.1 Å². The van der Waals surface area contributed by atoms with E-state index in [9.17, 15) is 8.42 Å². The lowest BCUT2D eigenvalue weighted by molar-refractivity contribution is 0.211. The molecule has 6 heteroatoms. The Morgan fingerprint density at radius 3 is 2.86 bits per heavy atom. The second kappa shape index (κ2) is 6.87. The first-order valence-electron chi connectivity index (χ1n) is 7.51. The summed E-state index contributed by atoms with van der Waals surface area (Å²) < 4.78 is 28.1. The first-order chi connectivity index (χ1) is 9.97. The zero-order valence-electron chi connectivity index (χ0n) is 12.8. The molecule has 3 N–H and O–H groups in total. The average molecular weight is 311 g/mol. The number of sulfonamides is 1. The fourth-order valence-electron chi connectivity index (χ4n) is 2.89. The van der Waals surface area contributed by atoms with E-state index in [0.717, 1.165) is 43.6 Å². The maximum Gasteiger partial charge on any atom is 0.241 e. The number of likely N-dealkylation sites (tertiary alicyclic amines) is 1. The number of piperidine rings is 1. The third-order valence-corrected chi connectivity index (χ3v) is 5.85. The largest absolute Gasteiger partial charge is 0.326 e. The molecule has 0 bridgehead atoms. The van der Waals surface area contributed by atoms with Gasteiger partial charge in [0.25, 0.3) is 0 Å². The zero-order chi connectivity index (χ0) is 15.5. The van der Waals surface area contributed by atoms with Crippen LogP contribution in [0.15, 0.2) is 23.1 Å². The third kappa shape index (κ3) is 3.83. The number of rotatable bonds is 5. The fourth-order valence-corrected chi connectivity index (χ4v) is 4.44. The van der Waals surface area contributed by atoms with Crippen LogP contribution in [0.5, 0.6) is 0 Å². The van der Waals surface area contributed by atoms with E-state index in [2.05, 4.69) is 16.5 Å². The molecule has 118 valence electrons. The highest BCUT2D eigenvalue weighted by atomic mass is 32.2. The monoisotopic (exact) mass is 311 g/mol. The lowest BCUT2D eigenvalue weighted by atomic mass is 10.1. The SMILES string of the molecule is CCN1CCCC(NS(=O)(=O)c2cccc(CN)c2C)C1. The van der Waals surface area contributed by atoms with Crippen molar-refractivity contribution in [3.63, 3.8) is 0 Å². The van der Waals surface area contributed by atoms with Gasteiger partial charge in [-0.3, -0.25) is 0 Å². The van der Waals surface area contributed by atoms with Crippen LogP contribution in [0.2, 0.25) is 0 Å². The second-order valence-electron chi connectivity index (χ2n) is 5.60. The molecule has 0 amide bonds. The molecule has 1 aliphatic rings. The number of likely N-dealkylation sites (N-methyl/N-ethyl adjacent to an activating group) is 1. The Labute approximate surface area is 127 Å². The van der Waals surface area contributed by atoms with E-state index in [1.807, 2.05) is 13.0 Å². The molecule has 1 aliphatic heterocycles. The van der Waals surface area contributed by atoms with Crippen molar-refractivity contribution < 1.29 is 8.42 Å². The number of hydrogen-bond acceptors (Lipinski definition) is 4. The van der Waals surface area contributed by atoms with E-state index in [1.165, 1.54) is 0 Å². The van der Waals surface area contributed by atoms with Crippen LogP contribution in [-0.4, -0.2) is 39.0 Å². The van der Waals surface area contributed by atoms with Gasteiger partial charge in [0.2, 0.25) is 10.0 Å². The van der Waals surface area contributed by atoms with Crippen LogP contribution in [0.25, 0.3) is 0 Å². The summed E-state index contributed by atoms with van der Waals surface area (Å²) in [5, 5.41) is 0. The van der Waals surface area contributed by atoms with Crippen LogP contribution >= 0.6 is 0 Å². The van der Waals surface area contributed by atoms with Gasteiger partial charge in [0.15, 0.2) is 0 Å². The molecule has 2 rings (SSSR count). The molecule has 0 radical (unpaired) electrons. The van der Waals surface area contributed by atoms with Crippen molar-refractivity contribution in [3.05, 3.63) is 29.3 Å². The minimum absolute atomic E-state index is 0.00960. The smallest absolute Gasteiger partial charge is 0.241 e. The van der Waals surface area contributed by atoms with Crippen molar-refractivity contribution in [2.24, 2.45) is 5.73 Å². The molecule has 1 fully saturated rings. The lowest BCUT2D eigenvalue weighted by Gasteiger charge is -2.32. The number of nitrogens with zero attached hydrogens (tertiary/aromatic N) is 1. The van der Waals surface area contributed by atoms with E-state index >= 15 is 0 Å². The molecule has 0 saturated carbocycles. The highest BCUT2D eigenvalue weighted by Gasteiger charge is 2.25. The van der Waals surface area contributed by atoms with Gasteiger partial charge in [-0.15, -0.1) is 0 Å². The summed E-state index contributed by atoms with van der Waals surface area (Å²) in [6.07, 6.45) is 1.92. The molecule has 5 nitrogen and oxygen atoms in total. The molecule has 1 saturated heterocycles. The number of nitrogens with one attached hydrogen (secondary N) is 1. The Morgan fingerprint density at radius 1 is 1.43 bits per heavy atom. The minimum Gasteiger partial charge on any atom is -0.326 e. The molecular formula is C15H25N3O2S. The highest BCUT2D eigenvalue weighted by Crippen LogP contribution is 2.20. The van der Waals surface area contributed by atoms with Gasteiger partial charge in [0.1, 0.15) is 0 Å². The van der Waals surface area contributed by atoms with Crippen LogP contribution in [0, 0.1) is 6.92 Å². The Morgan fingerprint density at radius 2 is 2.19 bits per heavy atom. The van der Waals surface area contributed by atoms with E-state index in [1.54, 1.807) is 12.1 Å². The van der Waals surface area contributed by atoms with Crippen LogP contribution < -0.4 is 10.5 Å². The molecule has 21 heavy (non-hydrogen) atoms. The normalized spacial score (nSPS) is 20.6. The van der Waals surface area contributed by atoms with E-state index in [4.69, 9.17) is 5.73 Å². The van der Waals surface area contributed by atoms with Gasteiger partial charge < -0.3 is 10.6 Å². The van der Waals surface area contributed by atoms with Gasteiger partial charge >= 0.3 is 0 Å². The predicted molar refractivity (Wildman–Crippen MR) is 84.5 cm³/mol. The van der Waals surface area contributed by atoms with Crippen molar-refractivity contribution >= 4 is 10.0 Å². The van der Waals surface area contributed by atoms with Crippen molar-refractivity contribution in [2.45, 2.75) is 44.2 Å². The topological polar surface area (TPSA) is 75.4 Å². The summed E-state index contributed by atoms with van der Waals surface area (Å²) in [5.41, 5.74) is 7.28. The molecule has 1 aromatic carbocycles. The maximum atomic E-state index is 12.6. The molecular weight excluding hydrogens is 286 g/mol. The Hall–Kier alpha value is -0.950. The van der Waals surface area contributed by atoms with Crippen LogP contribution in [-0.2, 0) is 16.6 Å². The first kappa shape index (κ1) is 16.4. The summed E-state index contributed by atoms with van der Waals surface area (Å²) in [4.78, 5) is 2.62. The summed E-state index contributed by atoms with van der Waals surface area (Å²) in [6.45, 7) is 7.06. The summed E-state index contributed by atoms with van der Waals surface area (Å²) >= 11 is 0. The highest BCUT2D eigenvalue weighted by molar-refractivity contribution is 7.89. The van der Waals surface area contributed by atoms with Gasteiger partial charge in [-0.2, -0.15) is 0 Å². The Balaban J connectivity index is 2.19. The van der Waals surface area contributed by atoms with Gasteiger partial charge in [-0.05, 0) is 50.0 Å². The van der Waals surface area contributed by atoms with E-state index in [0.29, 0.717) is 11.4 Å². The predicted octanol–water partition coefficient (Wildman–Crippen LogP) is 1.22. The quantitative estimate of drug-likeness (QED) is 0.857. The zero-order valence-corrected chi connectivity index (χ0v) is 13.6. The van der Waals surface area contributed by atoms with Crippen molar-refractivity contribution in [2.75, 3.05) is 19.6 Å². The van der Waals surface area contributed by atoms with Crippen molar-refractivity contribution in [3.8, 4) is 0 Å². The molecule has 0 spiro atoms. The lowest BCUT2D eigenvalue weighted by Crippen LogP contribution is -2.47. The molecule has 1 atom stereocenters. The number of nitrogens with two attached hydrogens (primary N) is 1. The Kier molecular flexibility index (Phi) is 5.37. The molecule has 1 heterocycles. The summed E-state index contributed by atoms with van der Waals surface area (Å²) in [5.74, 6) is 0. The maximum absolute atomic E-state index is 12.6. The fraction of sp³-hybridized carbons (Fsp3) is 0.600. The van der Waals surface area contributed by atoms with Crippen LogP contribution in [0.4, 0.5) is 0 Å². The Bertz CT molecular complexity index is 587. The number of hydrogen-bond donors (Lipinski definition) is 2. The molecule has 0 aliphatic carbocycles. The average Bonchev–Trinajstić information content (AvgIpc) is 2.47. The van der Waals surface area contributed by atoms with Gasteiger partial charge in [0, 0.05) is 19.1 Å². The van der Waals surface area contributed by atoms with Crippen molar-refractivity contribution in [1.82, 2.24) is 9.62 Å². The molecule has 0 aromatic heterocycles. The van der Waals surface area contributed by atoms with Crippen molar-refractivity contribution in [1.29, 1.82) is 0 Å². The van der Waals surface area contributed by atoms with Gasteiger partial charge in [0.05, 0.1) is 4.90 Å². The summed E-state index contributed by atoms with van der Waals surface area (Å²) in [6, 6.07) is 5.26. The second-order valence-corrected chi connectivity index (χ2v) is 7.28. The van der Waals surface area contributed by atoms with E-state index < -0.39 is 10.0 Å². The van der Waals surface area contributed by atoms with Gasteiger partial charge in [-0.25, -0.2) is 13.1 Å². The molecule has 1 unspecified atom stereocenters. The molecule has 1 aromatic rings. The number of benzene rings is 1. The minimum atomic E-state index is -3.49. The summed E-state index contributed by atoms with van der Waals surface area (Å²) in [7, 11) is -3.49. The van der Waals surface area contributed by atoms with Crippen LogP contribution in [0.3, 0.4) is 0 Å². The van der Waals surface area contributed by atoms with Crippen LogP contribution in [0.1, 0.15) is 30.9 Å². The first-order valence-corrected chi connectivity index (χ1v) is 8.99. The standard InChI is InChI=1S/C15H25N3O2S/c1-3-18-9-5-7-14(11-18)17-21(19,20)15-8-4-6-13(10-16)12(15)2/h4,6,8,14,17H,3,5,7,9-11,16H2,1-2H3.